The molecule has 1 amide bonds. The Morgan fingerprint density at radius 2 is 1.69 bits per heavy atom. The van der Waals surface area contributed by atoms with Gasteiger partial charge < -0.3 is 5.32 Å². The van der Waals surface area contributed by atoms with E-state index in [1.54, 1.807) is 37.3 Å². The molecule has 29 heavy (non-hydrogen) atoms. The van der Waals surface area contributed by atoms with Gasteiger partial charge in [-0.15, -0.1) is 11.8 Å². The third-order valence-electron chi connectivity index (χ3n) is 4.01. The van der Waals surface area contributed by atoms with Crippen molar-refractivity contribution in [2.45, 2.75) is 16.7 Å². The van der Waals surface area contributed by atoms with Crippen molar-refractivity contribution in [2.75, 3.05) is 15.8 Å². The van der Waals surface area contributed by atoms with Crippen LogP contribution in [-0.4, -0.2) is 20.1 Å². The van der Waals surface area contributed by atoms with Crippen LogP contribution >= 0.6 is 23.4 Å². The summed E-state index contributed by atoms with van der Waals surface area (Å²) in [6.45, 7) is 1.79. The van der Waals surface area contributed by atoms with E-state index in [0.29, 0.717) is 16.4 Å². The van der Waals surface area contributed by atoms with Crippen molar-refractivity contribution in [1.29, 1.82) is 0 Å². The molecule has 2 N–H and O–H groups in total. The molecule has 0 aliphatic heterocycles. The number of hydrogen-bond donors (Lipinski definition) is 2. The van der Waals surface area contributed by atoms with Crippen LogP contribution in [0.3, 0.4) is 0 Å². The molecule has 0 saturated heterocycles. The van der Waals surface area contributed by atoms with E-state index in [1.807, 2.05) is 30.3 Å². The van der Waals surface area contributed by atoms with E-state index in [0.717, 1.165) is 10.5 Å². The first-order chi connectivity index (χ1) is 13.8. The van der Waals surface area contributed by atoms with Crippen LogP contribution in [0.2, 0.25) is 5.02 Å². The Morgan fingerprint density at radius 1 is 1.00 bits per heavy atom. The molecule has 0 bridgehead atoms. The molecule has 0 fully saturated rings. The molecule has 150 valence electrons. The molecule has 0 radical (unpaired) electrons. The highest BCUT2D eigenvalue weighted by molar-refractivity contribution is 8.00. The number of thioether (sulfide) groups is 1. The van der Waals surface area contributed by atoms with Crippen molar-refractivity contribution in [3.8, 4) is 0 Å². The van der Waals surface area contributed by atoms with E-state index in [2.05, 4.69) is 10.0 Å². The Labute approximate surface area is 179 Å². The predicted molar refractivity (Wildman–Crippen MR) is 119 cm³/mol. The molecule has 0 unspecified atom stereocenters. The van der Waals surface area contributed by atoms with Crippen molar-refractivity contribution >= 4 is 50.7 Å². The minimum Gasteiger partial charge on any atom is -0.325 e. The summed E-state index contributed by atoms with van der Waals surface area (Å²) in [6.07, 6.45) is 0. The lowest BCUT2D eigenvalue weighted by atomic mass is 10.2. The molecule has 8 heteroatoms. The van der Waals surface area contributed by atoms with Crippen LogP contribution < -0.4 is 10.0 Å². The van der Waals surface area contributed by atoms with E-state index < -0.39 is 10.0 Å². The van der Waals surface area contributed by atoms with Gasteiger partial charge in [0.05, 0.1) is 16.3 Å². The zero-order valence-corrected chi connectivity index (χ0v) is 17.9. The Morgan fingerprint density at radius 3 is 2.38 bits per heavy atom. The first-order valence-electron chi connectivity index (χ1n) is 8.70. The van der Waals surface area contributed by atoms with Crippen LogP contribution in [0.5, 0.6) is 0 Å². The molecule has 0 saturated carbocycles. The van der Waals surface area contributed by atoms with Crippen molar-refractivity contribution < 1.29 is 13.2 Å². The maximum atomic E-state index is 12.6. The molecule has 0 aliphatic carbocycles. The van der Waals surface area contributed by atoms with Crippen molar-refractivity contribution in [2.24, 2.45) is 0 Å². The third-order valence-corrected chi connectivity index (χ3v) is 6.63. The molecule has 3 aromatic carbocycles. The largest absolute Gasteiger partial charge is 0.325 e. The number of rotatable bonds is 7. The maximum absolute atomic E-state index is 12.6. The Hall–Kier alpha value is -2.48. The van der Waals surface area contributed by atoms with Crippen LogP contribution in [0.4, 0.5) is 11.4 Å². The van der Waals surface area contributed by atoms with Gasteiger partial charge in [-0.2, -0.15) is 0 Å². The predicted octanol–water partition coefficient (Wildman–Crippen LogP) is 5.18. The van der Waals surface area contributed by atoms with Crippen molar-refractivity contribution in [3.05, 3.63) is 83.4 Å². The van der Waals surface area contributed by atoms with Gasteiger partial charge in [0.15, 0.2) is 0 Å². The number of hydrogen-bond acceptors (Lipinski definition) is 4. The quantitative estimate of drug-likeness (QED) is 0.490. The SMILES string of the molecule is Cc1ccc(Cl)cc1NS(=O)(=O)c1ccc(NC(=O)CSc2ccccc2)cc1. The first kappa shape index (κ1) is 21.2. The van der Waals surface area contributed by atoms with Crippen molar-refractivity contribution in [1.82, 2.24) is 0 Å². The molecule has 0 spiro atoms. The minimum absolute atomic E-state index is 0.0912. The summed E-state index contributed by atoms with van der Waals surface area (Å²) in [4.78, 5) is 13.2. The lowest BCUT2D eigenvalue weighted by Gasteiger charge is -2.12. The first-order valence-corrected chi connectivity index (χ1v) is 11.5. The highest BCUT2D eigenvalue weighted by atomic mass is 35.5. The van der Waals surface area contributed by atoms with Gasteiger partial charge >= 0.3 is 0 Å². The fraction of sp³-hybridized carbons (Fsp3) is 0.0952. The molecule has 0 aromatic heterocycles. The fourth-order valence-corrected chi connectivity index (χ4v) is 4.50. The monoisotopic (exact) mass is 446 g/mol. The summed E-state index contributed by atoms with van der Waals surface area (Å²) in [6, 6.07) is 20.6. The number of amides is 1. The Bertz CT molecular complexity index is 1100. The fourth-order valence-electron chi connectivity index (χ4n) is 2.49. The van der Waals surface area contributed by atoms with Gasteiger partial charge in [0.1, 0.15) is 0 Å². The zero-order chi connectivity index (χ0) is 20.9. The summed E-state index contributed by atoms with van der Waals surface area (Å²) < 4.78 is 27.8. The number of carbonyl (C=O) groups excluding carboxylic acids is 1. The molecule has 5 nitrogen and oxygen atoms in total. The van der Waals surface area contributed by atoms with Gasteiger partial charge in [0.2, 0.25) is 5.91 Å². The lowest BCUT2D eigenvalue weighted by molar-refractivity contribution is -0.113. The van der Waals surface area contributed by atoms with Crippen molar-refractivity contribution in [3.63, 3.8) is 0 Å². The summed E-state index contributed by atoms with van der Waals surface area (Å²) in [5, 5.41) is 3.21. The number of carbonyl (C=O) groups is 1. The molecule has 0 heterocycles. The second-order valence-electron chi connectivity index (χ2n) is 6.24. The van der Waals surface area contributed by atoms with Gasteiger partial charge in [-0.3, -0.25) is 9.52 Å². The van der Waals surface area contributed by atoms with E-state index in [-0.39, 0.29) is 16.6 Å². The van der Waals surface area contributed by atoms with E-state index in [9.17, 15) is 13.2 Å². The second kappa shape index (κ2) is 9.35. The van der Waals surface area contributed by atoms with Gasteiger partial charge in [0, 0.05) is 15.6 Å². The van der Waals surface area contributed by atoms with Crippen LogP contribution in [0.25, 0.3) is 0 Å². The standard InChI is InChI=1S/C21H19ClN2O3S2/c1-15-7-8-16(22)13-20(15)24-29(26,27)19-11-9-17(10-12-19)23-21(25)14-28-18-5-3-2-4-6-18/h2-13,24H,14H2,1H3,(H,23,25). The summed E-state index contributed by atoms with van der Waals surface area (Å²) in [5.74, 6) is 0.0989. The van der Waals surface area contributed by atoms with Gasteiger partial charge in [-0.1, -0.05) is 35.9 Å². The van der Waals surface area contributed by atoms with Gasteiger partial charge in [-0.25, -0.2) is 8.42 Å². The van der Waals surface area contributed by atoms with Gasteiger partial charge in [-0.05, 0) is 61.0 Å². The highest BCUT2D eigenvalue weighted by Gasteiger charge is 2.16. The van der Waals surface area contributed by atoms with Crippen LogP contribution in [0.1, 0.15) is 5.56 Å². The number of anilines is 2. The van der Waals surface area contributed by atoms with Crippen LogP contribution in [0, 0.1) is 6.92 Å². The Kier molecular flexibility index (Phi) is 6.84. The van der Waals surface area contributed by atoms with Crippen LogP contribution in [0.15, 0.2) is 82.6 Å². The summed E-state index contributed by atoms with van der Waals surface area (Å²) in [5.41, 5.74) is 1.71. The smallest absolute Gasteiger partial charge is 0.261 e. The Balaban J connectivity index is 1.63. The normalized spacial score (nSPS) is 11.1. The third kappa shape index (κ3) is 6.00. The molecule has 3 aromatic rings. The lowest BCUT2D eigenvalue weighted by Crippen LogP contribution is -2.15. The van der Waals surface area contributed by atoms with E-state index in [4.69, 9.17) is 11.6 Å². The average Bonchev–Trinajstić information content (AvgIpc) is 2.70. The number of halogens is 1. The van der Waals surface area contributed by atoms with Crippen LogP contribution in [-0.2, 0) is 14.8 Å². The second-order valence-corrected chi connectivity index (χ2v) is 9.41. The molecular formula is C21H19ClN2O3S2. The number of aryl methyl sites for hydroxylation is 1. The minimum atomic E-state index is -3.77. The zero-order valence-electron chi connectivity index (χ0n) is 15.6. The molecule has 0 aliphatic rings. The highest BCUT2D eigenvalue weighted by Crippen LogP contribution is 2.24. The number of nitrogens with one attached hydrogen (secondary N) is 2. The molecule has 3 rings (SSSR count). The number of benzene rings is 3. The topological polar surface area (TPSA) is 75.3 Å². The summed E-state index contributed by atoms with van der Waals surface area (Å²) in [7, 11) is -3.77. The number of sulfonamides is 1. The summed E-state index contributed by atoms with van der Waals surface area (Å²) >= 11 is 7.38. The van der Waals surface area contributed by atoms with Gasteiger partial charge in [0.25, 0.3) is 10.0 Å². The van der Waals surface area contributed by atoms with E-state index in [1.165, 1.54) is 23.9 Å². The maximum Gasteiger partial charge on any atom is 0.261 e. The molecule has 0 atom stereocenters. The average molecular weight is 447 g/mol. The van der Waals surface area contributed by atoms with E-state index >= 15 is 0 Å². The molecular weight excluding hydrogens is 428 g/mol.